The van der Waals surface area contributed by atoms with Crippen LogP contribution < -0.4 is 5.32 Å². The fraction of sp³-hybridized carbons (Fsp3) is 0.227. The van der Waals surface area contributed by atoms with E-state index in [1.165, 1.54) is 0 Å². The molecule has 0 bridgehead atoms. The lowest BCUT2D eigenvalue weighted by molar-refractivity contribution is -0.121. The zero-order valence-corrected chi connectivity index (χ0v) is 15.4. The Balaban J connectivity index is 1.59. The van der Waals surface area contributed by atoms with Crippen LogP contribution in [0.3, 0.4) is 0 Å². The number of thiophene rings is 1. The predicted molar refractivity (Wildman–Crippen MR) is 106 cm³/mol. The van der Waals surface area contributed by atoms with Crippen LogP contribution >= 0.6 is 11.3 Å². The number of aliphatic hydroxyl groups is 1. The Bertz CT molecular complexity index is 748. The van der Waals surface area contributed by atoms with Crippen LogP contribution in [0.15, 0.2) is 77.5 Å². The molecule has 0 spiro atoms. The average Bonchev–Trinajstić information content (AvgIpc) is 3.22. The minimum atomic E-state index is -0.527. The molecule has 0 saturated heterocycles. The SMILES string of the molecule is O=C(CC(c1ccccc1)c1ccccc1)NCCC(O)c1ccsc1. The Labute approximate surface area is 158 Å². The highest BCUT2D eigenvalue weighted by Gasteiger charge is 2.18. The van der Waals surface area contributed by atoms with Crippen LogP contribution in [0.5, 0.6) is 0 Å². The molecule has 2 aromatic carbocycles. The number of amides is 1. The highest BCUT2D eigenvalue weighted by atomic mass is 32.1. The van der Waals surface area contributed by atoms with Crippen LogP contribution in [-0.4, -0.2) is 17.6 Å². The highest BCUT2D eigenvalue weighted by molar-refractivity contribution is 7.07. The van der Waals surface area contributed by atoms with Crippen molar-refractivity contribution in [1.29, 1.82) is 0 Å². The van der Waals surface area contributed by atoms with Crippen LogP contribution in [0.4, 0.5) is 0 Å². The Hall–Kier alpha value is -2.43. The van der Waals surface area contributed by atoms with Gasteiger partial charge in [0.2, 0.25) is 5.91 Å². The van der Waals surface area contributed by atoms with Gasteiger partial charge in [-0.2, -0.15) is 11.3 Å². The molecular formula is C22H23NO2S. The molecule has 3 nitrogen and oxygen atoms in total. The van der Waals surface area contributed by atoms with Gasteiger partial charge in [0, 0.05) is 18.9 Å². The number of carbonyl (C=O) groups is 1. The van der Waals surface area contributed by atoms with Crippen molar-refractivity contribution in [3.63, 3.8) is 0 Å². The molecule has 1 atom stereocenters. The minimum Gasteiger partial charge on any atom is -0.388 e. The molecule has 0 saturated carbocycles. The molecular weight excluding hydrogens is 342 g/mol. The number of aliphatic hydroxyl groups excluding tert-OH is 1. The minimum absolute atomic E-state index is 0.000208. The van der Waals surface area contributed by atoms with Crippen molar-refractivity contribution >= 4 is 17.2 Å². The van der Waals surface area contributed by atoms with E-state index in [2.05, 4.69) is 29.6 Å². The van der Waals surface area contributed by atoms with Crippen LogP contribution in [0, 0.1) is 0 Å². The summed E-state index contributed by atoms with van der Waals surface area (Å²) < 4.78 is 0. The second-order valence-electron chi connectivity index (χ2n) is 6.29. The largest absolute Gasteiger partial charge is 0.388 e. The molecule has 26 heavy (non-hydrogen) atoms. The first-order chi connectivity index (χ1) is 12.7. The maximum atomic E-state index is 12.5. The van der Waals surface area contributed by atoms with Gasteiger partial charge < -0.3 is 10.4 Å². The summed E-state index contributed by atoms with van der Waals surface area (Å²) in [6.07, 6.45) is 0.382. The lowest BCUT2D eigenvalue weighted by atomic mass is 9.88. The second kappa shape index (κ2) is 9.32. The Morgan fingerprint density at radius 1 is 0.923 bits per heavy atom. The summed E-state index contributed by atoms with van der Waals surface area (Å²) >= 11 is 1.56. The van der Waals surface area contributed by atoms with Crippen molar-refractivity contribution < 1.29 is 9.90 Å². The molecule has 1 amide bonds. The first-order valence-corrected chi connectivity index (χ1v) is 9.75. The van der Waals surface area contributed by atoms with Gasteiger partial charge in [-0.15, -0.1) is 0 Å². The van der Waals surface area contributed by atoms with Crippen molar-refractivity contribution in [1.82, 2.24) is 5.32 Å². The van der Waals surface area contributed by atoms with Crippen molar-refractivity contribution in [2.45, 2.75) is 24.9 Å². The molecule has 134 valence electrons. The lowest BCUT2D eigenvalue weighted by Crippen LogP contribution is -2.27. The molecule has 1 aromatic heterocycles. The molecule has 0 fully saturated rings. The van der Waals surface area contributed by atoms with Crippen molar-refractivity contribution in [2.75, 3.05) is 6.54 Å². The predicted octanol–water partition coefficient (Wildman–Crippen LogP) is 4.51. The average molecular weight is 365 g/mol. The third-order valence-corrected chi connectivity index (χ3v) is 5.16. The summed E-state index contributed by atoms with van der Waals surface area (Å²) in [6, 6.07) is 22.1. The zero-order valence-electron chi connectivity index (χ0n) is 14.5. The Kier molecular flexibility index (Phi) is 6.58. The third-order valence-electron chi connectivity index (χ3n) is 4.46. The first kappa shape index (κ1) is 18.4. The Morgan fingerprint density at radius 2 is 1.54 bits per heavy atom. The van der Waals surface area contributed by atoms with E-state index in [-0.39, 0.29) is 11.8 Å². The van der Waals surface area contributed by atoms with Crippen LogP contribution in [0.1, 0.15) is 41.6 Å². The van der Waals surface area contributed by atoms with E-state index in [9.17, 15) is 9.90 Å². The standard InChI is InChI=1S/C22H23NO2S/c24-21(19-12-14-26-16-19)11-13-23-22(25)15-20(17-7-3-1-4-8-17)18-9-5-2-6-10-18/h1-10,12,14,16,20-21,24H,11,13,15H2,(H,23,25). The van der Waals surface area contributed by atoms with E-state index in [0.29, 0.717) is 19.4 Å². The molecule has 3 rings (SSSR count). The third kappa shape index (κ3) is 5.04. The number of nitrogens with one attached hydrogen (secondary N) is 1. The Morgan fingerprint density at radius 3 is 2.08 bits per heavy atom. The van der Waals surface area contributed by atoms with Crippen molar-refractivity contribution in [3.05, 3.63) is 94.2 Å². The van der Waals surface area contributed by atoms with Gasteiger partial charge in [0.15, 0.2) is 0 Å². The highest BCUT2D eigenvalue weighted by Crippen LogP contribution is 2.27. The first-order valence-electron chi connectivity index (χ1n) is 8.81. The molecule has 4 heteroatoms. The van der Waals surface area contributed by atoms with Gasteiger partial charge in [-0.25, -0.2) is 0 Å². The molecule has 0 aliphatic heterocycles. The normalized spacial score (nSPS) is 12.1. The summed E-state index contributed by atoms with van der Waals surface area (Å²) in [5.41, 5.74) is 3.18. The molecule has 1 unspecified atom stereocenters. The van der Waals surface area contributed by atoms with Gasteiger partial charge in [-0.05, 0) is 39.9 Å². The van der Waals surface area contributed by atoms with Gasteiger partial charge in [0.1, 0.15) is 0 Å². The van der Waals surface area contributed by atoms with E-state index in [0.717, 1.165) is 16.7 Å². The summed E-state index contributed by atoms with van der Waals surface area (Å²) in [6.45, 7) is 0.464. The smallest absolute Gasteiger partial charge is 0.220 e. The van der Waals surface area contributed by atoms with E-state index in [1.807, 2.05) is 53.2 Å². The van der Waals surface area contributed by atoms with E-state index in [4.69, 9.17) is 0 Å². The number of rotatable bonds is 8. The molecule has 3 aromatic rings. The van der Waals surface area contributed by atoms with Gasteiger partial charge in [-0.3, -0.25) is 4.79 Å². The van der Waals surface area contributed by atoms with Crippen molar-refractivity contribution in [3.8, 4) is 0 Å². The van der Waals surface area contributed by atoms with E-state index in [1.54, 1.807) is 11.3 Å². The van der Waals surface area contributed by atoms with Gasteiger partial charge in [0.05, 0.1) is 6.10 Å². The van der Waals surface area contributed by atoms with Crippen molar-refractivity contribution in [2.24, 2.45) is 0 Å². The van der Waals surface area contributed by atoms with Gasteiger partial charge >= 0.3 is 0 Å². The maximum Gasteiger partial charge on any atom is 0.220 e. The number of carbonyl (C=O) groups excluding carboxylic acids is 1. The summed E-state index contributed by atoms with van der Waals surface area (Å²) in [7, 11) is 0. The molecule has 0 radical (unpaired) electrons. The van der Waals surface area contributed by atoms with Crippen LogP contribution in [0.2, 0.25) is 0 Å². The number of hydrogen-bond donors (Lipinski definition) is 2. The monoisotopic (exact) mass is 365 g/mol. The van der Waals surface area contributed by atoms with E-state index >= 15 is 0 Å². The zero-order chi connectivity index (χ0) is 18.2. The number of hydrogen-bond acceptors (Lipinski definition) is 3. The molecule has 0 aliphatic carbocycles. The quantitative estimate of drug-likeness (QED) is 0.617. The van der Waals surface area contributed by atoms with Gasteiger partial charge in [-0.1, -0.05) is 60.7 Å². The molecule has 1 heterocycles. The molecule has 2 N–H and O–H groups in total. The summed E-state index contributed by atoms with van der Waals surface area (Å²) in [5, 5.41) is 16.9. The summed E-state index contributed by atoms with van der Waals surface area (Å²) in [4.78, 5) is 12.5. The molecule has 0 aliphatic rings. The fourth-order valence-corrected chi connectivity index (χ4v) is 3.74. The van der Waals surface area contributed by atoms with Crippen LogP contribution in [0.25, 0.3) is 0 Å². The maximum absolute atomic E-state index is 12.5. The lowest BCUT2D eigenvalue weighted by Gasteiger charge is -2.18. The number of benzene rings is 2. The fourth-order valence-electron chi connectivity index (χ4n) is 3.04. The topological polar surface area (TPSA) is 49.3 Å². The van der Waals surface area contributed by atoms with Crippen LogP contribution in [-0.2, 0) is 4.79 Å². The van der Waals surface area contributed by atoms with E-state index < -0.39 is 6.10 Å². The van der Waals surface area contributed by atoms with Gasteiger partial charge in [0.25, 0.3) is 0 Å². The summed E-state index contributed by atoms with van der Waals surface area (Å²) in [5.74, 6) is 0.0272. The second-order valence-corrected chi connectivity index (χ2v) is 7.07.